The Hall–Kier alpha value is -2.90. The summed E-state index contributed by atoms with van der Waals surface area (Å²) in [6.07, 6.45) is 6.70. The van der Waals surface area contributed by atoms with Crippen LogP contribution < -0.4 is 0 Å². The van der Waals surface area contributed by atoms with Gasteiger partial charge in [0.15, 0.2) is 12.2 Å². The fourth-order valence-electron chi connectivity index (χ4n) is 1.52. The van der Waals surface area contributed by atoms with E-state index in [1.807, 2.05) is 0 Å². The molecule has 85 valence electrons. The number of hydrogen-bond acceptors (Lipinski definition) is 8. The van der Waals surface area contributed by atoms with Crippen LogP contribution in [0.3, 0.4) is 0 Å². The molecule has 0 saturated carbocycles. The zero-order valence-corrected chi connectivity index (χ0v) is 8.73. The van der Waals surface area contributed by atoms with Gasteiger partial charge in [-0.3, -0.25) is 0 Å². The Balaban J connectivity index is 1.93. The SMILES string of the molecule is [c]1nc2ncc(-c3ncc4ncoc4n3)nc2o1. The molecule has 0 aliphatic rings. The molecular weight excluding hydrogens is 236 g/mol. The molecule has 0 aliphatic heterocycles. The first-order valence-electron chi connectivity index (χ1n) is 4.96. The molecule has 8 nitrogen and oxygen atoms in total. The summed E-state index contributed by atoms with van der Waals surface area (Å²) in [6.45, 7) is 0. The van der Waals surface area contributed by atoms with Crippen molar-refractivity contribution < 1.29 is 8.83 Å². The maximum atomic E-state index is 5.10. The summed E-state index contributed by atoms with van der Waals surface area (Å²) in [4.78, 5) is 24.3. The summed E-state index contributed by atoms with van der Waals surface area (Å²) < 4.78 is 10.1. The van der Waals surface area contributed by atoms with Crippen molar-refractivity contribution in [2.75, 3.05) is 0 Å². The smallest absolute Gasteiger partial charge is 0.287 e. The molecule has 0 amide bonds. The summed E-state index contributed by atoms with van der Waals surface area (Å²) in [6, 6.07) is 0. The molecule has 0 aromatic carbocycles. The van der Waals surface area contributed by atoms with Crippen LogP contribution in [-0.2, 0) is 0 Å². The van der Waals surface area contributed by atoms with E-state index in [1.165, 1.54) is 12.6 Å². The maximum Gasteiger partial charge on any atom is 0.287 e. The van der Waals surface area contributed by atoms with Gasteiger partial charge in [-0.2, -0.15) is 9.97 Å². The van der Waals surface area contributed by atoms with Crippen molar-refractivity contribution in [2.45, 2.75) is 0 Å². The van der Waals surface area contributed by atoms with E-state index in [2.05, 4.69) is 36.3 Å². The lowest BCUT2D eigenvalue weighted by Crippen LogP contribution is -1.93. The van der Waals surface area contributed by atoms with Crippen LogP contribution >= 0.6 is 0 Å². The van der Waals surface area contributed by atoms with Crippen LogP contribution in [0, 0.1) is 6.39 Å². The summed E-state index contributed by atoms with van der Waals surface area (Å²) in [7, 11) is 0. The normalized spacial score (nSPS) is 11.3. The van der Waals surface area contributed by atoms with E-state index in [4.69, 9.17) is 8.83 Å². The van der Waals surface area contributed by atoms with Crippen molar-refractivity contribution in [2.24, 2.45) is 0 Å². The molecule has 0 fully saturated rings. The lowest BCUT2D eigenvalue weighted by Gasteiger charge is -1.96. The van der Waals surface area contributed by atoms with Gasteiger partial charge in [0.1, 0.15) is 11.2 Å². The average Bonchev–Trinajstić information content (AvgIpc) is 3.05. The highest BCUT2D eigenvalue weighted by Crippen LogP contribution is 2.17. The highest BCUT2D eigenvalue weighted by Gasteiger charge is 2.10. The Labute approximate surface area is 98.8 Å². The number of fused-ring (bicyclic) bond motifs is 2. The number of hydrogen-bond donors (Lipinski definition) is 0. The zero-order chi connectivity index (χ0) is 11.9. The van der Waals surface area contributed by atoms with E-state index >= 15 is 0 Å². The second-order valence-electron chi connectivity index (χ2n) is 3.43. The topological polar surface area (TPSA) is 104 Å². The Morgan fingerprint density at radius 3 is 3.00 bits per heavy atom. The minimum atomic E-state index is 0.286. The molecule has 0 saturated heterocycles. The molecule has 0 N–H and O–H groups in total. The first kappa shape index (κ1) is 9.16. The van der Waals surface area contributed by atoms with Crippen LogP contribution in [-0.4, -0.2) is 29.9 Å². The largest absolute Gasteiger partial charge is 0.425 e. The molecule has 0 atom stereocenters. The molecule has 4 aromatic rings. The van der Waals surface area contributed by atoms with Gasteiger partial charge in [0, 0.05) is 0 Å². The van der Waals surface area contributed by atoms with Crippen molar-refractivity contribution in [3.05, 3.63) is 25.2 Å². The van der Waals surface area contributed by atoms with E-state index in [1.54, 1.807) is 6.20 Å². The zero-order valence-electron chi connectivity index (χ0n) is 8.73. The van der Waals surface area contributed by atoms with E-state index in [0.717, 1.165) is 0 Å². The monoisotopic (exact) mass is 239 g/mol. The molecule has 4 heterocycles. The molecule has 0 unspecified atom stereocenters. The van der Waals surface area contributed by atoms with Gasteiger partial charge in [-0.25, -0.2) is 19.9 Å². The van der Waals surface area contributed by atoms with Crippen LogP contribution in [0.4, 0.5) is 0 Å². The number of rotatable bonds is 1. The minimum absolute atomic E-state index is 0.286. The van der Waals surface area contributed by atoms with Crippen molar-refractivity contribution in [1.82, 2.24) is 29.9 Å². The summed E-state index contributed by atoms with van der Waals surface area (Å²) in [5.41, 5.74) is 2.12. The summed E-state index contributed by atoms with van der Waals surface area (Å²) >= 11 is 0. The van der Waals surface area contributed by atoms with Crippen molar-refractivity contribution in [1.29, 1.82) is 0 Å². The van der Waals surface area contributed by atoms with E-state index in [0.29, 0.717) is 28.4 Å². The third-order valence-corrected chi connectivity index (χ3v) is 2.34. The third-order valence-electron chi connectivity index (χ3n) is 2.34. The van der Waals surface area contributed by atoms with E-state index in [9.17, 15) is 0 Å². The van der Waals surface area contributed by atoms with Gasteiger partial charge < -0.3 is 8.83 Å². The quantitative estimate of drug-likeness (QED) is 0.484. The molecule has 18 heavy (non-hydrogen) atoms. The molecule has 0 spiro atoms. The molecule has 1 radical (unpaired) electrons. The molecule has 4 rings (SSSR count). The van der Waals surface area contributed by atoms with Crippen LogP contribution in [0.5, 0.6) is 0 Å². The van der Waals surface area contributed by atoms with Gasteiger partial charge in [0.2, 0.25) is 11.4 Å². The van der Waals surface area contributed by atoms with Crippen molar-refractivity contribution >= 4 is 22.6 Å². The van der Waals surface area contributed by atoms with Crippen LogP contribution in [0.1, 0.15) is 0 Å². The second-order valence-corrected chi connectivity index (χ2v) is 3.43. The van der Waals surface area contributed by atoms with Crippen molar-refractivity contribution in [3.63, 3.8) is 0 Å². The van der Waals surface area contributed by atoms with E-state index in [-0.39, 0.29) is 5.71 Å². The molecule has 0 bridgehead atoms. The number of aromatic nitrogens is 6. The average molecular weight is 239 g/mol. The highest BCUT2D eigenvalue weighted by atomic mass is 16.3. The standard InChI is InChI=1S/C10H3N6O2/c1-5(15-10-8(12-1)14-4-18-10)7-11-2-6-9(16-7)17-3-13-6/h1-3H. The fourth-order valence-corrected chi connectivity index (χ4v) is 1.52. The predicted molar refractivity (Wildman–Crippen MR) is 57.0 cm³/mol. The first-order chi connectivity index (χ1) is 8.90. The van der Waals surface area contributed by atoms with Crippen LogP contribution in [0.15, 0.2) is 27.6 Å². The third kappa shape index (κ3) is 1.25. The van der Waals surface area contributed by atoms with Gasteiger partial charge in [-0.05, 0) is 0 Å². The lowest BCUT2D eigenvalue weighted by molar-refractivity contribution is 0.579. The molecule has 0 aliphatic carbocycles. The van der Waals surface area contributed by atoms with Crippen molar-refractivity contribution in [3.8, 4) is 11.5 Å². The Morgan fingerprint density at radius 2 is 2.00 bits per heavy atom. The number of nitrogens with zero attached hydrogens (tertiary/aromatic N) is 6. The second kappa shape index (κ2) is 3.29. The lowest BCUT2D eigenvalue weighted by atomic mass is 10.4. The van der Waals surface area contributed by atoms with Gasteiger partial charge >= 0.3 is 0 Å². The predicted octanol–water partition coefficient (Wildman–Crippen LogP) is 1.02. The van der Waals surface area contributed by atoms with Gasteiger partial charge in [0.05, 0.1) is 12.4 Å². The van der Waals surface area contributed by atoms with Crippen LogP contribution in [0.2, 0.25) is 0 Å². The van der Waals surface area contributed by atoms with Crippen LogP contribution in [0.25, 0.3) is 34.1 Å². The molecule has 4 aromatic heterocycles. The summed E-state index contributed by atoms with van der Waals surface area (Å²) in [5.74, 6) is 0.380. The first-order valence-corrected chi connectivity index (χ1v) is 4.96. The molecular formula is C10H3N6O2. The minimum Gasteiger partial charge on any atom is -0.425 e. The van der Waals surface area contributed by atoms with E-state index < -0.39 is 0 Å². The Kier molecular flexibility index (Phi) is 1.68. The Morgan fingerprint density at radius 1 is 1.00 bits per heavy atom. The fraction of sp³-hybridized carbons (Fsp3) is 0. The highest BCUT2D eigenvalue weighted by molar-refractivity contribution is 5.70. The van der Waals surface area contributed by atoms with Gasteiger partial charge in [0.25, 0.3) is 12.1 Å². The van der Waals surface area contributed by atoms with Gasteiger partial charge in [-0.1, -0.05) is 0 Å². The molecule has 8 heteroatoms. The Bertz CT molecular complexity index is 779. The summed E-state index contributed by atoms with van der Waals surface area (Å²) in [5, 5.41) is 0. The maximum absolute atomic E-state index is 5.10. The van der Waals surface area contributed by atoms with Gasteiger partial charge in [-0.15, -0.1) is 0 Å². The number of oxazole rings is 2.